The van der Waals surface area contributed by atoms with Crippen molar-refractivity contribution >= 4 is 21.5 Å². The fourth-order valence-electron chi connectivity index (χ4n) is 5.18. The van der Waals surface area contributed by atoms with Gasteiger partial charge in [-0.3, -0.25) is 0 Å². The van der Waals surface area contributed by atoms with E-state index in [2.05, 4.69) is 52.0 Å². The van der Waals surface area contributed by atoms with Crippen molar-refractivity contribution in [2.24, 2.45) is 0 Å². The molecule has 0 aliphatic carbocycles. The van der Waals surface area contributed by atoms with E-state index in [4.69, 9.17) is 0 Å². The minimum absolute atomic E-state index is 0. The van der Waals surface area contributed by atoms with Gasteiger partial charge in [-0.05, 0) is 48.2 Å². The van der Waals surface area contributed by atoms with Crippen LogP contribution in [0.4, 0.5) is 26.3 Å². The van der Waals surface area contributed by atoms with E-state index in [1.807, 2.05) is 36.4 Å². The summed E-state index contributed by atoms with van der Waals surface area (Å²) in [7, 11) is 0. The Bertz CT molecular complexity index is 1690. The molecular weight excluding hydrogens is 745 g/mol. The van der Waals surface area contributed by atoms with E-state index in [0.717, 1.165) is 87.3 Å². The summed E-state index contributed by atoms with van der Waals surface area (Å²) in [4.78, 5) is 0. The molecule has 0 aliphatic heterocycles. The fraction of sp³-hybridized carbons (Fsp3) is 0.179. The molecule has 0 nitrogen and oxygen atoms in total. The van der Waals surface area contributed by atoms with E-state index < -0.39 is 23.5 Å². The van der Waals surface area contributed by atoms with Crippen molar-refractivity contribution in [1.29, 1.82) is 0 Å². The zero-order chi connectivity index (χ0) is 32.8. The Morgan fingerprint density at radius 1 is 0.542 bits per heavy atom. The minimum Gasteiger partial charge on any atom is -1.00 e. The van der Waals surface area contributed by atoms with E-state index in [0.29, 0.717) is 0 Å². The fourth-order valence-corrected chi connectivity index (χ4v) is 5.18. The second kappa shape index (κ2) is 18.8. The molecule has 0 unspecified atom stereocenters. The molecule has 0 atom stereocenters. The molecule has 6 aromatic carbocycles. The standard InChI is InChI=1S/2C18H14F3.C3H6.2ClH.Zr/c2*1-2-12-10-14-4-3-5-16(17(14)11-12)13-6-8-15(9-7-13)18(19,20)21;1-3-2;;;/h2*3-11H,2H2,1H3;1-3H2;2*1H;/q2*-1;-2;;;+2/p-2. The van der Waals surface area contributed by atoms with Gasteiger partial charge in [0.2, 0.25) is 0 Å². The number of benzene rings is 4. The first-order valence-corrected chi connectivity index (χ1v) is 14.7. The van der Waals surface area contributed by atoms with E-state index in [1.165, 1.54) is 35.4 Å². The van der Waals surface area contributed by atoms with Gasteiger partial charge in [-0.15, -0.1) is 69.1 Å². The number of hydrogen-bond donors (Lipinski definition) is 0. The molecule has 6 aromatic rings. The average molecular weight is 779 g/mol. The molecule has 0 aliphatic rings. The van der Waals surface area contributed by atoms with Crippen LogP contribution in [-0.4, -0.2) is 0 Å². The van der Waals surface area contributed by atoms with E-state index in [-0.39, 0.29) is 51.0 Å². The summed E-state index contributed by atoms with van der Waals surface area (Å²) in [6.45, 7) is 10.9. The SMILES string of the molecule is CCc1cc2c(-c3ccc(C(F)(F)F)cc3)cccc2[cH-]1.CCc1cc2c(-c3ccc(C(F)(F)F)cc3)cccc2[cH-]1.[CH2-]C[CH2-].[Cl-].[Cl-].[Zr+2]. The van der Waals surface area contributed by atoms with E-state index >= 15 is 0 Å². The van der Waals surface area contributed by atoms with Crippen molar-refractivity contribution in [3.63, 3.8) is 0 Å². The molecule has 0 radical (unpaired) electrons. The Morgan fingerprint density at radius 3 is 1.12 bits per heavy atom. The molecule has 0 bridgehead atoms. The van der Waals surface area contributed by atoms with Crippen molar-refractivity contribution in [2.45, 2.75) is 45.5 Å². The van der Waals surface area contributed by atoms with Crippen molar-refractivity contribution in [3.8, 4) is 22.3 Å². The number of aryl methyl sites for hydroxylation is 2. The first-order chi connectivity index (χ1) is 21.4. The van der Waals surface area contributed by atoms with Crippen LogP contribution >= 0.6 is 0 Å². The summed E-state index contributed by atoms with van der Waals surface area (Å²) in [6.07, 6.45) is -5.94. The second-order valence-electron chi connectivity index (χ2n) is 10.6. The number of alkyl halides is 6. The molecule has 6 rings (SSSR count). The molecule has 0 saturated heterocycles. The van der Waals surface area contributed by atoms with Gasteiger partial charge < -0.3 is 45.1 Å². The van der Waals surface area contributed by atoms with Gasteiger partial charge in [0.15, 0.2) is 0 Å². The molecule has 0 spiro atoms. The van der Waals surface area contributed by atoms with Crippen molar-refractivity contribution in [1.82, 2.24) is 0 Å². The Morgan fingerprint density at radius 2 is 0.854 bits per heavy atom. The van der Waals surface area contributed by atoms with E-state index in [9.17, 15) is 26.3 Å². The molecule has 0 heterocycles. The average Bonchev–Trinajstić information content (AvgIpc) is 3.65. The van der Waals surface area contributed by atoms with Gasteiger partial charge in [-0.2, -0.15) is 38.5 Å². The van der Waals surface area contributed by atoms with Crippen LogP contribution < -0.4 is 24.8 Å². The Hall–Kier alpha value is -2.86. The largest absolute Gasteiger partial charge is 2.00 e. The van der Waals surface area contributed by atoms with Crippen LogP contribution in [-0.2, 0) is 51.4 Å². The van der Waals surface area contributed by atoms with Gasteiger partial charge in [0.25, 0.3) is 0 Å². The van der Waals surface area contributed by atoms with Crippen LogP contribution in [0.3, 0.4) is 0 Å². The van der Waals surface area contributed by atoms with Gasteiger partial charge in [0.05, 0.1) is 11.1 Å². The van der Waals surface area contributed by atoms with Gasteiger partial charge in [0, 0.05) is 0 Å². The Kier molecular flexibility index (Phi) is 16.9. The third kappa shape index (κ3) is 10.6. The van der Waals surface area contributed by atoms with Crippen molar-refractivity contribution in [2.75, 3.05) is 0 Å². The number of rotatable bonds is 4. The van der Waals surface area contributed by atoms with Gasteiger partial charge in [-0.25, -0.2) is 0 Å². The first kappa shape index (κ1) is 43.2. The molecular formula is C39H34Cl2F6Zr-4. The summed E-state index contributed by atoms with van der Waals surface area (Å²) in [6, 6.07) is 31.0. The molecule has 9 heteroatoms. The topological polar surface area (TPSA) is 0 Å². The van der Waals surface area contributed by atoms with E-state index in [1.54, 1.807) is 0 Å². The summed E-state index contributed by atoms with van der Waals surface area (Å²) in [5, 5.41) is 4.44. The maximum atomic E-state index is 12.6. The van der Waals surface area contributed by atoms with Crippen LogP contribution in [0.1, 0.15) is 42.5 Å². The van der Waals surface area contributed by atoms with Crippen molar-refractivity contribution < 1.29 is 77.4 Å². The van der Waals surface area contributed by atoms with Gasteiger partial charge in [-0.1, -0.05) is 61.4 Å². The molecule has 254 valence electrons. The normalized spacial score (nSPS) is 10.9. The quantitative estimate of drug-likeness (QED) is 0.139. The predicted molar refractivity (Wildman–Crippen MR) is 174 cm³/mol. The summed E-state index contributed by atoms with van der Waals surface area (Å²) in [5.41, 5.74) is 4.81. The Labute approximate surface area is 310 Å². The summed E-state index contributed by atoms with van der Waals surface area (Å²) in [5.74, 6) is 0. The van der Waals surface area contributed by atoms with Crippen LogP contribution in [0.5, 0.6) is 0 Å². The Balaban J connectivity index is 0.000000420. The van der Waals surface area contributed by atoms with Gasteiger partial charge in [0.1, 0.15) is 0 Å². The second-order valence-corrected chi connectivity index (χ2v) is 10.6. The third-order valence-electron chi connectivity index (χ3n) is 7.48. The monoisotopic (exact) mass is 776 g/mol. The third-order valence-corrected chi connectivity index (χ3v) is 7.48. The summed E-state index contributed by atoms with van der Waals surface area (Å²) < 4.78 is 75.7. The summed E-state index contributed by atoms with van der Waals surface area (Å²) >= 11 is 0. The zero-order valence-corrected chi connectivity index (χ0v) is 30.4. The molecule has 0 aromatic heterocycles. The minimum atomic E-state index is -4.29. The predicted octanol–water partition coefficient (Wildman–Crippen LogP) is 6.66. The van der Waals surface area contributed by atoms with Crippen LogP contribution in [0.15, 0.2) is 109 Å². The van der Waals surface area contributed by atoms with Crippen LogP contribution in [0, 0.1) is 13.8 Å². The molecule has 48 heavy (non-hydrogen) atoms. The maximum absolute atomic E-state index is 12.6. The number of hydrogen-bond acceptors (Lipinski definition) is 0. The molecule has 0 fully saturated rings. The van der Waals surface area contributed by atoms with Crippen molar-refractivity contribution in [3.05, 3.63) is 145 Å². The molecule has 0 N–H and O–H groups in total. The molecule has 0 saturated carbocycles. The maximum Gasteiger partial charge on any atom is 2.00 e. The zero-order valence-electron chi connectivity index (χ0n) is 26.5. The molecule has 0 amide bonds. The number of fused-ring (bicyclic) bond motifs is 2. The smallest absolute Gasteiger partial charge is 1.00 e. The number of halogens is 8. The van der Waals surface area contributed by atoms with Crippen LogP contribution in [0.25, 0.3) is 43.8 Å². The van der Waals surface area contributed by atoms with Gasteiger partial charge >= 0.3 is 38.6 Å². The van der Waals surface area contributed by atoms with Crippen LogP contribution in [0.2, 0.25) is 0 Å². The first-order valence-electron chi connectivity index (χ1n) is 14.7.